The number of hydrogen-bond acceptors (Lipinski definition) is 4. The van der Waals surface area contributed by atoms with Gasteiger partial charge in [-0.25, -0.2) is 0 Å². The zero-order valence-electron chi connectivity index (χ0n) is 13.0. The largest absolute Gasteiger partial charge is 0.360 e. The molecule has 1 N–H and O–H groups in total. The number of halogens is 1. The topological polar surface area (TPSA) is 75.4 Å². The predicted molar refractivity (Wildman–Crippen MR) is 87.0 cm³/mol. The Morgan fingerprint density at radius 3 is 2.57 bits per heavy atom. The van der Waals surface area contributed by atoms with Crippen LogP contribution in [0.25, 0.3) is 0 Å². The highest BCUT2D eigenvalue weighted by atomic mass is 35.5. The van der Waals surface area contributed by atoms with E-state index < -0.39 is 0 Å². The van der Waals surface area contributed by atoms with Gasteiger partial charge in [-0.2, -0.15) is 0 Å². The van der Waals surface area contributed by atoms with Crippen LogP contribution in [0.1, 0.15) is 24.7 Å². The number of aromatic nitrogens is 1. The van der Waals surface area contributed by atoms with Gasteiger partial charge >= 0.3 is 0 Å². The number of aryl methyl sites for hydroxylation is 1. The van der Waals surface area contributed by atoms with Gasteiger partial charge in [0.05, 0.1) is 0 Å². The third-order valence-corrected chi connectivity index (χ3v) is 3.49. The van der Waals surface area contributed by atoms with Gasteiger partial charge in [0.15, 0.2) is 5.82 Å². The van der Waals surface area contributed by atoms with Crippen molar-refractivity contribution in [3.05, 3.63) is 46.7 Å². The molecule has 6 nitrogen and oxygen atoms in total. The molecule has 23 heavy (non-hydrogen) atoms. The van der Waals surface area contributed by atoms with E-state index in [0.717, 1.165) is 5.56 Å². The molecule has 0 radical (unpaired) electrons. The van der Waals surface area contributed by atoms with E-state index in [0.29, 0.717) is 29.7 Å². The fourth-order valence-corrected chi connectivity index (χ4v) is 2.15. The van der Waals surface area contributed by atoms with E-state index in [1.807, 2.05) is 12.1 Å². The van der Waals surface area contributed by atoms with Crippen LogP contribution >= 0.6 is 11.6 Å². The van der Waals surface area contributed by atoms with E-state index in [4.69, 9.17) is 16.1 Å². The van der Waals surface area contributed by atoms with Crippen molar-refractivity contribution in [1.82, 2.24) is 10.1 Å². The molecular weight excluding hydrogens is 318 g/mol. The molecule has 1 aromatic carbocycles. The Bertz CT molecular complexity index is 682. The second kappa shape index (κ2) is 7.78. The van der Waals surface area contributed by atoms with Crippen LogP contribution in [-0.2, 0) is 16.1 Å². The molecule has 0 bridgehead atoms. The van der Waals surface area contributed by atoms with Crippen LogP contribution in [0.4, 0.5) is 5.82 Å². The summed E-state index contributed by atoms with van der Waals surface area (Å²) in [4.78, 5) is 25.2. The first-order valence-electron chi connectivity index (χ1n) is 7.17. The van der Waals surface area contributed by atoms with E-state index in [-0.39, 0.29) is 18.2 Å². The molecule has 0 aliphatic carbocycles. The summed E-state index contributed by atoms with van der Waals surface area (Å²) in [5.74, 6) is 0.679. The number of anilines is 1. The number of carbonyl (C=O) groups is 2. The summed E-state index contributed by atoms with van der Waals surface area (Å²) in [7, 11) is 0. The Morgan fingerprint density at radius 1 is 1.30 bits per heavy atom. The molecule has 0 atom stereocenters. The summed E-state index contributed by atoms with van der Waals surface area (Å²) in [6.07, 6.45) is 0.180. The number of rotatable bonds is 6. The second-order valence-electron chi connectivity index (χ2n) is 5.19. The van der Waals surface area contributed by atoms with Gasteiger partial charge in [-0.1, -0.05) is 28.9 Å². The summed E-state index contributed by atoms with van der Waals surface area (Å²) < 4.78 is 4.88. The summed E-state index contributed by atoms with van der Waals surface area (Å²) >= 11 is 5.85. The molecule has 7 heteroatoms. The van der Waals surface area contributed by atoms with E-state index in [1.54, 1.807) is 30.0 Å². The van der Waals surface area contributed by atoms with E-state index >= 15 is 0 Å². The SMILES string of the molecule is CC(=O)N(CCC(=O)Nc1cc(C)on1)Cc1ccc(Cl)cc1. The average molecular weight is 336 g/mol. The lowest BCUT2D eigenvalue weighted by atomic mass is 10.2. The minimum atomic E-state index is -0.222. The van der Waals surface area contributed by atoms with Crippen molar-refractivity contribution in [2.75, 3.05) is 11.9 Å². The Kier molecular flexibility index (Phi) is 5.76. The van der Waals surface area contributed by atoms with Crippen LogP contribution in [0.2, 0.25) is 5.02 Å². The summed E-state index contributed by atoms with van der Waals surface area (Å²) in [5, 5.41) is 6.97. The number of hydrogen-bond donors (Lipinski definition) is 1. The fourth-order valence-electron chi connectivity index (χ4n) is 2.03. The first-order chi connectivity index (χ1) is 10.9. The number of nitrogens with zero attached hydrogens (tertiary/aromatic N) is 2. The average Bonchev–Trinajstić information content (AvgIpc) is 2.90. The zero-order valence-corrected chi connectivity index (χ0v) is 13.8. The van der Waals surface area contributed by atoms with Gasteiger partial charge in [0.1, 0.15) is 5.76 Å². The Hall–Kier alpha value is -2.34. The van der Waals surface area contributed by atoms with Crippen molar-refractivity contribution >= 4 is 29.2 Å². The smallest absolute Gasteiger partial charge is 0.227 e. The van der Waals surface area contributed by atoms with Gasteiger partial charge in [-0.15, -0.1) is 0 Å². The van der Waals surface area contributed by atoms with Crippen LogP contribution in [0.5, 0.6) is 0 Å². The lowest BCUT2D eigenvalue weighted by molar-refractivity contribution is -0.129. The normalized spacial score (nSPS) is 10.4. The number of benzene rings is 1. The van der Waals surface area contributed by atoms with E-state index in [9.17, 15) is 9.59 Å². The number of carbonyl (C=O) groups excluding carboxylic acids is 2. The molecule has 0 saturated carbocycles. The molecule has 122 valence electrons. The number of nitrogens with one attached hydrogen (secondary N) is 1. The number of amides is 2. The minimum absolute atomic E-state index is 0.0926. The van der Waals surface area contributed by atoms with Crippen LogP contribution in [0.3, 0.4) is 0 Å². The standard InChI is InChI=1S/C16H18ClN3O3/c1-11-9-15(19-23-11)18-16(22)7-8-20(12(2)21)10-13-3-5-14(17)6-4-13/h3-6,9H,7-8,10H2,1-2H3,(H,18,19,22). The molecule has 2 rings (SSSR count). The summed E-state index contributed by atoms with van der Waals surface area (Å²) in [6.45, 7) is 3.98. The highest BCUT2D eigenvalue weighted by molar-refractivity contribution is 6.30. The maximum Gasteiger partial charge on any atom is 0.227 e. The molecule has 2 aromatic rings. The second-order valence-corrected chi connectivity index (χ2v) is 5.62. The van der Waals surface area contributed by atoms with Gasteiger partial charge < -0.3 is 14.7 Å². The van der Waals surface area contributed by atoms with Crippen molar-refractivity contribution < 1.29 is 14.1 Å². The third kappa shape index (κ3) is 5.41. The predicted octanol–water partition coefficient (Wildman–Crippen LogP) is 3.01. The van der Waals surface area contributed by atoms with Crippen molar-refractivity contribution in [3.63, 3.8) is 0 Å². The van der Waals surface area contributed by atoms with Crippen molar-refractivity contribution in [3.8, 4) is 0 Å². The zero-order chi connectivity index (χ0) is 16.8. The van der Waals surface area contributed by atoms with Crippen molar-refractivity contribution in [2.45, 2.75) is 26.8 Å². The van der Waals surface area contributed by atoms with Gasteiger partial charge in [-0.05, 0) is 24.6 Å². The Morgan fingerprint density at radius 2 is 2.00 bits per heavy atom. The first kappa shape index (κ1) is 17.0. The summed E-state index contributed by atoms with van der Waals surface area (Å²) in [5.41, 5.74) is 0.956. The molecule has 0 unspecified atom stereocenters. The Balaban J connectivity index is 1.88. The maximum atomic E-state index is 11.9. The fraction of sp³-hybridized carbons (Fsp3) is 0.312. The minimum Gasteiger partial charge on any atom is -0.360 e. The van der Waals surface area contributed by atoms with Crippen LogP contribution in [0.15, 0.2) is 34.9 Å². The highest BCUT2D eigenvalue weighted by Crippen LogP contribution is 2.12. The monoisotopic (exact) mass is 335 g/mol. The molecular formula is C16H18ClN3O3. The van der Waals surface area contributed by atoms with Gasteiger partial charge in [0, 0.05) is 37.5 Å². The molecule has 1 heterocycles. The maximum absolute atomic E-state index is 11.9. The van der Waals surface area contributed by atoms with Gasteiger partial charge in [-0.3, -0.25) is 9.59 Å². The van der Waals surface area contributed by atoms with Crippen LogP contribution in [0, 0.1) is 6.92 Å². The molecule has 0 aliphatic heterocycles. The van der Waals surface area contributed by atoms with Gasteiger partial charge in [0.25, 0.3) is 0 Å². The first-order valence-corrected chi connectivity index (χ1v) is 7.55. The van der Waals surface area contributed by atoms with E-state index in [1.165, 1.54) is 6.92 Å². The quantitative estimate of drug-likeness (QED) is 0.880. The van der Waals surface area contributed by atoms with Crippen molar-refractivity contribution in [2.24, 2.45) is 0 Å². The summed E-state index contributed by atoms with van der Waals surface area (Å²) in [6, 6.07) is 8.89. The molecule has 0 spiro atoms. The Labute approximate surface area is 139 Å². The lowest BCUT2D eigenvalue weighted by Gasteiger charge is -2.20. The van der Waals surface area contributed by atoms with E-state index in [2.05, 4.69) is 10.5 Å². The molecule has 1 aromatic heterocycles. The highest BCUT2D eigenvalue weighted by Gasteiger charge is 2.13. The molecule has 0 saturated heterocycles. The lowest BCUT2D eigenvalue weighted by Crippen LogP contribution is -2.31. The van der Waals surface area contributed by atoms with Crippen LogP contribution in [-0.4, -0.2) is 28.4 Å². The van der Waals surface area contributed by atoms with Crippen LogP contribution < -0.4 is 5.32 Å². The molecule has 0 fully saturated rings. The van der Waals surface area contributed by atoms with Crippen molar-refractivity contribution in [1.29, 1.82) is 0 Å². The molecule has 0 aliphatic rings. The molecule has 2 amide bonds. The van der Waals surface area contributed by atoms with Gasteiger partial charge in [0.2, 0.25) is 11.8 Å². The third-order valence-electron chi connectivity index (χ3n) is 3.24.